The van der Waals surface area contributed by atoms with Crippen LogP contribution >= 0.6 is 7.82 Å². The summed E-state index contributed by atoms with van der Waals surface area (Å²) in [5.41, 5.74) is 0.753. The van der Waals surface area contributed by atoms with Gasteiger partial charge in [0.15, 0.2) is 0 Å². The Bertz CT molecular complexity index is 618. The standard InChI is InChI=1S/C26H47O8P/c1-6-7-8-9-10-15-20-32-35(29,33-21-16-11-13-18-30-25(27)23(2)3)34-22-17-12-14-19-31-26(28)24(4)5/h2,4,6-22H2,1,3,5H3. The largest absolute Gasteiger partial charge is 0.474 e. The summed E-state index contributed by atoms with van der Waals surface area (Å²) >= 11 is 0. The molecule has 8 nitrogen and oxygen atoms in total. The van der Waals surface area contributed by atoms with Gasteiger partial charge < -0.3 is 9.47 Å². The van der Waals surface area contributed by atoms with Crippen molar-refractivity contribution in [3.8, 4) is 0 Å². The molecule has 0 saturated heterocycles. The molecule has 0 amide bonds. The van der Waals surface area contributed by atoms with Gasteiger partial charge in [-0.2, -0.15) is 0 Å². The lowest BCUT2D eigenvalue weighted by Gasteiger charge is -2.18. The number of hydrogen-bond donors (Lipinski definition) is 0. The zero-order valence-electron chi connectivity index (χ0n) is 22.1. The van der Waals surface area contributed by atoms with Crippen LogP contribution in [0.3, 0.4) is 0 Å². The third-order valence-electron chi connectivity index (χ3n) is 4.99. The number of phosphoric ester groups is 1. The van der Waals surface area contributed by atoms with E-state index in [-0.39, 0.29) is 13.2 Å². The maximum atomic E-state index is 13.0. The van der Waals surface area contributed by atoms with Crippen molar-refractivity contribution in [2.45, 2.75) is 97.8 Å². The van der Waals surface area contributed by atoms with Crippen molar-refractivity contribution >= 4 is 19.8 Å². The van der Waals surface area contributed by atoms with E-state index in [1.165, 1.54) is 19.3 Å². The lowest BCUT2D eigenvalue weighted by atomic mass is 10.1. The third kappa shape index (κ3) is 20.4. The molecule has 0 spiro atoms. The molecule has 0 saturated carbocycles. The van der Waals surface area contributed by atoms with Gasteiger partial charge in [0.25, 0.3) is 0 Å². The summed E-state index contributed by atoms with van der Waals surface area (Å²) in [7, 11) is -3.64. The maximum absolute atomic E-state index is 13.0. The Morgan fingerprint density at radius 2 is 0.886 bits per heavy atom. The highest BCUT2D eigenvalue weighted by Gasteiger charge is 2.26. The fraction of sp³-hybridized carbons (Fsp3) is 0.769. The van der Waals surface area contributed by atoms with Gasteiger partial charge in [-0.3, -0.25) is 13.6 Å². The zero-order chi connectivity index (χ0) is 26.4. The smallest absolute Gasteiger partial charge is 0.462 e. The van der Waals surface area contributed by atoms with Crippen molar-refractivity contribution in [1.82, 2.24) is 0 Å². The van der Waals surface area contributed by atoms with Gasteiger partial charge in [-0.25, -0.2) is 14.2 Å². The molecular formula is C26H47O8P. The van der Waals surface area contributed by atoms with E-state index in [9.17, 15) is 14.2 Å². The van der Waals surface area contributed by atoms with E-state index in [0.29, 0.717) is 56.7 Å². The Kier molecular flexibility index (Phi) is 20.9. The summed E-state index contributed by atoms with van der Waals surface area (Å²) < 4.78 is 39.8. The Morgan fingerprint density at radius 1 is 0.571 bits per heavy atom. The second-order valence-electron chi connectivity index (χ2n) is 8.67. The molecule has 0 aromatic heterocycles. The molecular weight excluding hydrogens is 471 g/mol. The molecule has 0 aliphatic carbocycles. The van der Waals surface area contributed by atoms with Crippen LogP contribution in [0.4, 0.5) is 0 Å². The number of carbonyl (C=O) groups is 2. The summed E-state index contributed by atoms with van der Waals surface area (Å²) in [6.45, 7) is 13.9. The molecule has 0 rings (SSSR count). The number of hydrogen-bond acceptors (Lipinski definition) is 8. The van der Waals surface area contributed by atoms with E-state index < -0.39 is 19.8 Å². The van der Waals surface area contributed by atoms with E-state index in [1.54, 1.807) is 13.8 Å². The number of phosphoric acid groups is 1. The van der Waals surface area contributed by atoms with E-state index in [4.69, 9.17) is 23.0 Å². The number of ether oxygens (including phenoxy) is 2. The lowest BCUT2D eigenvalue weighted by Crippen LogP contribution is -2.07. The highest BCUT2D eigenvalue weighted by Crippen LogP contribution is 2.50. The van der Waals surface area contributed by atoms with E-state index in [1.807, 2.05) is 0 Å². The van der Waals surface area contributed by atoms with Gasteiger partial charge in [0, 0.05) is 11.1 Å². The molecule has 0 atom stereocenters. The van der Waals surface area contributed by atoms with Crippen LogP contribution in [0.5, 0.6) is 0 Å². The van der Waals surface area contributed by atoms with Crippen LogP contribution < -0.4 is 0 Å². The molecule has 35 heavy (non-hydrogen) atoms. The van der Waals surface area contributed by atoms with Crippen molar-refractivity contribution < 1.29 is 37.2 Å². The molecule has 0 fully saturated rings. The first-order chi connectivity index (χ1) is 16.7. The molecule has 0 N–H and O–H groups in total. The van der Waals surface area contributed by atoms with Gasteiger partial charge in [-0.05, 0) is 58.8 Å². The summed E-state index contributed by atoms with van der Waals surface area (Å²) in [6, 6.07) is 0. The Hall–Kier alpha value is -1.47. The van der Waals surface area contributed by atoms with Crippen molar-refractivity contribution in [2.75, 3.05) is 33.0 Å². The van der Waals surface area contributed by atoms with Gasteiger partial charge in [0.2, 0.25) is 0 Å². The number of unbranched alkanes of at least 4 members (excludes halogenated alkanes) is 9. The van der Waals surface area contributed by atoms with Crippen molar-refractivity contribution in [3.05, 3.63) is 24.3 Å². The number of esters is 2. The molecule has 0 aromatic carbocycles. The maximum Gasteiger partial charge on any atom is 0.474 e. The lowest BCUT2D eigenvalue weighted by molar-refractivity contribution is -0.139. The first kappa shape index (κ1) is 33.5. The fourth-order valence-electron chi connectivity index (χ4n) is 2.86. The fourth-order valence-corrected chi connectivity index (χ4v) is 4.14. The zero-order valence-corrected chi connectivity index (χ0v) is 23.0. The minimum Gasteiger partial charge on any atom is -0.462 e. The average Bonchev–Trinajstić information content (AvgIpc) is 2.81. The molecule has 0 bridgehead atoms. The van der Waals surface area contributed by atoms with Crippen LogP contribution in [0.15, 0.2) is 24.3 Å². The first-order valence-electron chi connectivity index (χ1n) is 12.9. The van der Waals surface area contributed by atoms with E-state index in [0.717, 1.165) is 32.1 Å². The molecule has 0 aliphatic heterocycles. The Morgan fingerprint density at radius 3 is 1.26 bits per heavy atom. The summed E-state index contributed by atoms with van der Waals surface area (Å²) in [5.74, 6) is -0.785. The van der Waals surface area contributed by atoms with E-state index in [2.05, 4.69) is 20.1 Å². The Balaban J connectivity index is 4.24. The van der Waals surface area contributed by atoms with Gasteiger partial charge in [0.05, 0.1) is 33.0 Å². The van der Waals surface area contributed by atoms with Crippen molar-refractivity contribution in [1.29, 1.82) is 0 Å². The van der Waals surface area contributed by atoms with Crippen LogP contribution in [-0.4, -0.2) is 45.0 Å². The Labute approximate surface area is 212 Å². The van der Waals surface area contributed by atoms with Crippen LogP contribution in [0.1, 0.15) is 97.8 Å². The second-order valence-corrected chi connectivity index (χ2v) is 10.3. The number of carbonyl (C=O) groups excluding carboxylic acids is 2. The molecule has 0 radical (unpaired) electrons. The minimum atomic E-state index is -3.64. The molecule has 204 valence electrons. The average molecular weight is 519 g/mol. The predicted molar refractivity (Wildman–Crippen MR) is 138 cm³/mol. The van der Waals surface area contributed by atoms with Gasteiger partial charge in [-0.1, -0.05) is 52.2 Å². The van der Waals surface area contributed by atoms with Crippen LogP contribution in [0, 0.1) is 0 Å². The quantitative estimate of drug-likeness (QED) is 0.0578. The molecule has 9 heteroatoms. The highest BCUT2D eigenvalue weighted by atomic mass is 31.2. The van der Waals surface area contributed by atoms with Crippen molar-refractivity contribution in [2.24, 2.45) is 0 Å². The SMILES string of the molecule is C=C(C)C(=O)OCCCCCOP(=O)(OCCCCCCCC)OCCCCCOC(=O)C(=C)C. The summed E-state index contributed by atoms with van der Waals surface area (Å²) in [5, 5.41) is 0. The monoisotopic (exact) mass is 518 g/mol. The summed E-state index contributed by atoms with van der Waals surface area (Å²) in [6.07, 6.45) is 10.7. The molecule has 0 aromatic rings. The minimum absolute atomic E-state index is 0.235. The van der Waals surface area contributed by atoms with Gasteiger partial charge in [0.1, 0.15) is 0 Å². The normalized spacial score (nSPS) is 11.3. The second kappa shape index (κ2) is 21.8. The van der Waals surface area contributed by atoms with Crippen LogP contribution in [0.2, 0.25) is 0 Å². The highest BCUT2D eigenvalue weighted by molar-refractivity contribution is 7.48. The molecule has 0 heterocycles. The van der Waals surface area contributed by atoms with Gasteiger partial charge >= 0.3 is 19.8 Å². The van der Waals surface area contributed by atoms with Crippen molar-refractivity contribution in [3.63, 3.8) is 0 Å². The topological polar surface area (TPSA) is 97.4 Å². The summed E-state index contributed by atoms with van der Waals surface area (Å²) in [4.78, 5) is 22.7. The van der Waals surface area contributed by atoms with E-state index >= 15 is 0 Å². The molecule has 0 aliphatic rings. The van der Waals surface area contributed by atoms with Gasteiger partial charge in [-0.15, -0.1) is 0 Å². The third-order valence-corrected chi connectivity index (χ3v) is 6.48. The molecule has 0 unspecified atom stereocenters. The van der Waals surface area contributed by atoms with Crippen LogP contribution in [-0.2, 0) is 37.2 Å². The first-order valence-corrected chi connectivity index (χ1v) is 14.4. The number of rotatable bonds is 24. The predicted octanol–water partition coefficient (Wildman–Crippen LogP) is 7.08. The van der Waals surface area contributed by atoms with Crippen LogP contribution in [0.25, 0.3) is 0 Å².